The average molecular weight is 889 g/mol. The second kappa shape index (κ2) is 19.6. The fourth-order valence-electron chi connectivity index (χ4n) is 8.94. The Labute approximate surface area is 368 Å². The molecule has 336 valence electrons. The molecule has 2 fully saturated rings. The van der Waals surface area contributed by atoms with Crippen molar-refractivity contribution in [2.24, 2.45) is 23.7 Å². The molecule has 0 aliphatic carbocycles. The molecule has 4 aromatic rings. The molecule has 6 rings (SSSR count). The van der Waals surface area contributed by atoms with Gasteiger partial charge in [0.1, 0.15) is 28.4 Å². The molecule has 15 heteroatoms. The van der Waals surface area contributed by atoms with Gasteiger partial charge in [-0.15, -0.1) is 0 Å². The van der Waals surface area contributed by atoms with E-state index in [1.165, 1.54) is 12.5 Å². The Morgan fingerprint density at radius 2 is 0.935 bits per heavy atom. The van der Waals surface area contributed by atoms with Crippen LogP contribution in [-0.2, 0) is 50.4 Å². The van der Waals surface area contributed by atoms with Crippen molar-refractivity contribution in [1.29, 1.82) is 0 Å². The topological polar surface area (TPSA) is 162 Å². The summed E-state index contributed by atoms with van der Waals surface area (Å²) >= 11 is 0. The lowest BCUT2D eigenvalue weighted by Crippen LogP contribution is -2.44. The maximum absolute atomic E-state index is 15.7. The van der Waals surface area contributed by atoms with Crippen molar-refractivity contribution in [1.82, 2.24) is 29.7 Å². The number of nitrogens with zero attached hydrogens (tertiary/aromatic N) is 6. The van der Waals surface area contributed by atoms with E-state index in [1.54, 1.807) is 49.1 Å². The lowest BCUT2D eigenvalue weighted by atomic mass is 9.69. The molecular weight excluding hydrogens is 825 g/mol. The van der Waals surface area contributed by atoms with E-state index >= 15 is 4.79 Å². The Morgan fingerprint density at radius 3 is 1.27 bits per heavy atom. The van der Waals surface area contributed by atoms with Crippen molar-refractivity contribution < 1.29 is 31.1 Å². The van der Waals surface area contributed by atoms with Gasteiger partial charge in [0.15, 0.2) is 19.7 Å². The summed E-state index contributed by atoms with van der Waals surface area (Å²) in [5.74, 6) is 0.00625. The molecule has 2 unspecified atom stereocenters. The van der Waals surface area contributed by atoms with Crippen LogP contribution in [0.25, 0.3) is 0 Å². The highest BCUT2D eigenvalue weighted by molar-refractivity contribution is 7.91. The van der Waals surface area contributed by atoms with E-state index in [9.17, 15) is 16.8 Å². The van der Waals surface area contributed by atoms with Crippen molar-refractivity contribution in [3.05, 3.63) is 95.8 Å². The molecular formula is C47H64N6O7S2. The van der Waals surface area contributed by atoms with Crippen LogP contribution in [0.4, 0.5) is 0 Å². The van der Waals surface area contributed by atoms with Crippen LogP contribution in [0, 0.1) is 23.7 Å². The van der Waals surface area contributed by atoms with E-state index < -0.39 is 42.7 Å². The van der Waals surface area contributed by atoms with E-state index in [1.807, 2.05) is 65.8 Å². The molecule has 0 amide bonds. The number of ketones is 1. The second-order valence-electron chi connectivity index (χ2n) is 19.1. The summed E-state index contributed by atoms with van der Waals surface area (Å²) in [6.07, 6.45) is 12.4. The van der Waals surface area contributed by atoms with Crippen LogP contribution in [0.3, 0.4) is 0 Å². The number of benzene rings is 2. The van der Waals surface area contributed by atoms with Gasteiger partial charge in [0.25, 0.3) is 0 Å². The van der Waals surface area contributed by atoms with Gasteiger partial charge in [0.05, 0.1) is 9.79 Å². The normalized spacial score (nSPS) is 17.7. The van der Waals surface area contributed by atoms with Gasteiger partial charge in [-0.3, -0.25) is 24.6 Å². The van der Waals surface area contributed by atoms with Gasteiger partial charge in [-0.2, -0.15) is 0 Å². The summed E-state index contributed by atoms with van der Waals surface area (Å²) in [7, 11) is -7.18. The molecule has 2 atom stereocenters. The van der Waals surface area contributed by atoms with Crippen LogP contribution in [0.1, 0.15) is 89.7 Å². The van der Waals surface area contributed by atoms with Gasteiger partial charge in [-0.1, -0.05) is 36.4 Å². The van der Waals surface area contributed by atoms with Crippen molar-refractivity contribution in [2.45, 2.75) is 114 Å². The Morgan fingerprint density at radius 1 is 0.597 bits per heavy atom. The monoisotopic (exact) mass is 888 g/mol. The number of sulfone groups is 2. The molecule has 0 N–H and O–H groups in total. The predicted octanol–water partition coefficient (Wildman–Crippen LogP) is 6.84. The fraction of sp³-hybridized carbons (Fsp3) is 0.553. The van der Waals surface area contributed by atoms with E-state index in [4.69, 9.17) is 9.47 Å². The molecule has 2 aliphatic rings. The van der Waals surface area contributed by atoms with Crippen molar-refractivity contribution >= 4 is 25.5 Å². The maximum atomic E-state index is 15.7. The first-order valence-corrected chi connectivity index (χ1v) is 25.4. The summed E-state index contributed by atoms with van der Waals surface area (Å²) < 4.78 is 64.8. The first-order chi connectivity index (χ1) is 29.1. The van der Waals surface area contributed by atoms with Crippen LogP contribution in [0.5, 0.6) is 11.8 Å². The predicted molar refractivity (Wildman–Crippen MR) is 239 cm³/mol. The molecule has 0 spiro atoms. The fourth-order valence-corrected chi connectivity index (χ4v) is 10.8. The molecule has 2 aliphatic heterocycles. The zero-order chi connectivity index (χ0) is 44.9. The van der Waals surface area contributed by atoms with Crippen LogP contribution >= 0.6 is 0 Å². The number of rotatable bonds is 16. The standard InChI is InChI=1S/C47H64N6O7S2/c1-46(2,3)59-44-39(48-21-23-50-44)31-52-25-17-33(18-26-52)37(29-35-13-9-11-15-41(35)61(7,55)56)43(54)38(30-36-14-10-12-16-42(36)62(8,57)58)34-19-27-53(28-20-34)32-40-45(51-24-22-49-40)60-47(4,5)6/h9-16,21-24,33-34,37-38H,17-20,25-32H2,1-8H3. The largest absolute Gasteiger partial charge is 0.471 e. The second-order valence-corrected chi connectivity index (χ2v) is 23.0. The Balaban J connectivity index is 1.30. The number of carbonyl (C=O) groups is 1. The molecule has 0 bridgehead atoms. The van der Waals surface area contributed by atoms with Gasteiger partial charge in [0.2, 0.25) is 11.8 Å². The zero-order valence-electron chi connectivity index (χ0n) is 37.6. The van der Waals surface area contributed by atoms with E-state index in [-0.39, 0.29) is 40.3 Å². The molecule has 13 nitrogen and oxygen atoms in total. The minimum atomic E-state index is -3.59. The Hall–Kier alpha value is -4.31. The minimum absolute atomic E-state index is 0.0378. The Bertz CT molecular complexity index is 2220. The third-order valence-corrected chi connectivity index (χ3v) is 14.2. The number of carbonyl (C=O) groups excluding carboxylic acids is 1. The highest BCUT2D eigenvalue weighted by Gasteiger charge is 2.41. The van der Waals surface area contributed by atoms with Crippen LogP contribution in [-0.4, -0.2) is 102 Å². The highest BCUT2D eigenvalue weighted by atomic mass is 32.2. The van der Waals surface area contributed by atoms with Gasteiger partial charge in [0, 0.05) is 62.2 Å². The van der Waals surface area contributed by atoms with Crippen molar-refractivity contribution in [2.75, 3.05) is 38.7 Å². The number of hydrogen-bond donors (Lipinski definition) is 0. The summed E-state index contributed by atoms with van der Waals surface area (Å²) in [6, 6.07) is 14.0. The Kier molecular flexibility index (Phi) is 14.9. The molecule has 0 saturated carbocycles. The molecule has 2 aromatic heterocycles. The van der Waals surface area contributed by atoms with Gasteiger partial charge < -0.3 is 9.47 Å². The molecule has 0 radical (unpaired) electrons. The lowest BCUT2D eigenvalue weighted by Gasteiger charge is -2.40. The summed E-state index contributed by atoms with van der Waals surface area (Å²) in [5, 5.41) is 0. The number of ether oxygens (including phenoxy) is 2. The van der Waals surface area contributed by atoms with Gasteiger partial charge >= 0.3 is 0 Å². The highest BCUT2D eigenvalue weighted by Crippen LogP contribution is 2.39. The molecule has 62 heavy (non-hydrogen) atoms. The van der Waals surface area contributed by atoms with Crippen molar-refractivity contribution in [3.63, 3.8) is 0 Å². The van der Waals surface area contributed by atoms with Gasteiger partial charge in [-0.05, 0) is 141 Å². The first kappa shape index (κ1) is 47.2. The molecule has 2 saturated heterocycles. The number of aromatic nitrogens is 4. The van der Waals surface area contributed by atoms with E-state index in [0.29, 0.717) is 62.2 Å². The number of Topliss-reactive ketones (excluding diaryl/α,β-unsaturated/α-hetero) is 1. The summed E-state index contributed by atoms with van der Waals surface area (Å²) in [5.41, 5.74) is 1.88. The van der Waals surface area contributed by atoms with Crippen LogP contribution < -0.4 is 9.47 Å². The van der Waals surface area contributed by atoms with Crippen molar-refractivity contribution in [3.8, 4) is 11.8 Å². The van der Waals surface area contributed by atoms with Crippen LogP contribution in [0.15, 0.2) is 83.1 Å². The molecule has 4 heterocycles. The van der Waals surface area contributed by atoms with E-state index in [0.717, 1.165) is 37.1 Å². The average Bonchev–Trinajstić information content (AvgIpc) is 3.19. The third-order valence-electron chi connectivity index (χ3n) is 11.8. The first-order valence-electron chi connectivity index (χ1n) is 21.7. The zero-order valence-corrected chi connectivity index (χ0v) is 39.2. The number of piperidine rings is 2. The number of likely N-dealkylation sites (tertiary alicyclic amines) is 2. The van der Waals surface area contributed by atoms with Crippen LogP contribution in [0.2, 0.25) is 0 Å². The number of hydrogen-bond acceptors (Lipinski definition) is 13. The van der Waals surface area contributed by atoms with Gasteiger partial charge in [-0.25, -0.2) is 26.8 Å². The SMILES string of the molecule is CC(C)(C)Oc1nccnc1CN1CCC(C(Cc2ccccc2S(C)(=O)=O)C(=O)C(Cc2ccccc2S(C)(=O)=O)C2CCN(Cc3nccnc3OC(C)(C)C)CC2)CC1. The maximum Gasteiger partial charge on any atom is 0.237 e. The third kappa shape index (κ3) is 12.9. The molecule has 2 aromatic carbocycles. The quantitative estimate of drug-likeness (QED) is 0.115. The minimum Gasteiger partial charge on any atom is -0.471 e. The lowest BCUT2D eigenvalue weighted by molar-refractivity contribution is -0.131. The summed E-state index contributed by atoms with van der Waals surface area (Å²) in [4.78, 5) is 38.9. The summed E-state index contributed by atoms with van der Waals surface area (Å²) in [6.45, 7) is 15.8. The van der Waals surface area contributed by atoms with E-state index in [2.05, 4.69) is 29.7 Å². The smallest absolute Gasteiger partial charge is 0.237 e.